The Labute approximate surface area is 186 Å². The van der Waals surface area contributed by atoms with E-state index in [-0.39, 0.29) is 17.7 Å². The monoisotopic (exact) mass is 437 g/mol. The second-order valence-electron chi connectivity index (χ2n) is 8.36. The number of benzene rings is 1. The number of anilines is 4. The highest BCUT2D eigenvalue weighted by molar-refractivity contribution is 5.61. The number of rotatable bonds is 5. The summed E-state index contributed by atoms with van der Waals surface area (Å²) < 4.78 is 16.3. The summed E-state index contributed by atoms with van der Waals surface area (Å²) in [5, 5.41) is 7.29. The van der Waals surface area contributed by atoms with E-state index in [0.717, 1.165) is 26.2 Å². The van der Waals surface area contributed by atoms with Gasteiger partial charge in [0.05, 0.1) is 5.69 Å². The van der Waals surface area contributed by atoms with Gasteiger partial charge in [-0.25, -0.2) is 14.4 Å². The molecule has 2 aliphatic rings. The predicted molar refractivity (Wildman–Crippen MR) is 122 cm³/mol. The first-order valence-electron chi connectivity index (χ1n) is 11.2. The molecule has 2 aromatic heterocycles. The van der Waals surface area contributed by atoms with Crippen molar-refractivity contribution >= 4 is 23.3 Å². The molecule has 3 heterocycles. The van der Waals surface area contributed by atoms with E-state index in [1.54, 1.807) is 18.5 Å². The lowest BCUT2D eigenvalue weighted by molar-refractivity contribution is 0.147. The predicted octanol–water partition coefficient (Wildman–Crippen LogP) is 2.98. The van der Waals surface area contributed by atoms with Gasteiger partial charge in [-0.05, 0) is 37.1 Å². The molecule has 0 spiro atoms. The average Bonchev–Trinajstić information content (AvgIpc) is 3.20. The maximum absolute atomic E-state index is 15.0. The third-order valence-electron chi connectivity index (χ3n) is 6.32. The summed E-state index contributed by atoms with van der Waals surface area (Å²) in [6, 6.07) is 7.54. The molecule has 10 heteroatoms. The van der Waals surface area contributed by atoms with Crippen LogP contribution in [0.5, 0.6) is 0 Å². The largest absolute Gasteiger partial charge is 0.368 e. The van der Waals surface area contributed by atoms with Crippen LogP contribution in [0.25, 0.3) is 5.95 Å². The highest BCUT2D eigenvalue weighted by Crippen LogP contribution is 2.28. The zero-order valence-electron chi connectivity index (χ0n) is 18.0. The summed E-state index contributed by atoms with van der Waals surface area (Å²) in [6.45, 7) is 3.68. The van der Waals surface area contributed by atoms with Gasteiger partial charge in [0.25, 0.3) is 5.95 Å². The van der Waals surface area contributed by atoms with Crippen LogP contribution in [-0.4, -0.2) is 61.9 Å². The highest BCUT2D eigenvalue weighted by atomic mass is 19.1. The Hall–Kier alpha value is -3.27. The van der Waals surface area contributed by atoms with Gasteiger partial charge in [-0.1, -0.05) is 19.3 Å². The molecule has 3 N–H and O–H groups in total. The van der Waals surface area contributed by atoms with Gasteiger partial charge in [0.1, 0.15) is 5.82 Å². The van der Waals surface area contributed by atoms with Gasteiger partial charge < -0.3 is 16.0 Å². The van der Waals surface area contributed by atoms with Gasteiger partial charge in [0.2, 0.25) is 11.9 Å². The fraction of sp³-hybridized carbons (Fsp3) is 0.455. The number of nitrogens with two attached hydrogens (primary N) is 1. The molecule has 1 aromatic carbocycles. The summed E-state index contributed by atoms with van der Waals surface area (Å²) >= 11 is 0. The third-order valence-corrected chi connectivity index (χ3v) is 6.32. The first-order valence-corrected chi connectivity index (χ1v) is 11.2. The second kappa shape index (κ2) is 9.07. The molecule has 0 bridgehead atoms. The van der Waals surface area contributed by atoms with Crippen LogP contribution in [-0.2, 0) is 0 Å². The fourth-order valence-corrected chi connectivity index (χ4v) is 4.67. The lowest BCUT2D eigenvalue weighted by Crippen LogP contribution is -2.51. The van der Waals surface area contributed by atoms with Gasteiger partial charge >= 0.3 is 0 Å². The summed E-state index contributed by atoms with van der Waals surface area (Å²) in [6.07, 6.45) is 9.85. The molecule has 0 unspecified atom stereocenters. The topological polar surface area (TPSA) is 101 Å². The van der Waals surface area contributed by atoms with E-state index in [2.05, 4.69) is 35.2 Å². The van der Waals surface area contributed by atoms with Gasteiger partial charge in [0.15, 0.2) is 0 Å². The van der Waals surface area contributed by atoms with Crippen molar-refractivity contribution in [1.29, 1.82) is 0 Å². The number of halogens is 1. The van der Waals surface area contributed by atoms with E-state index in [9.17, 15) is 4.39 Å². The Kier molecular flexibility index (Phi) is 5.85. The van der Waals surface area contributed by atoms with Crippen molar-refractivity contribution in [1.82, 2.24) is 29.6 Å². The van der Waals surface area contributed by atoms with E-state index in [0.29, 0.717) is 23.4 Å². The van der Waals surface area contributed by atoms with Crippen molar-refractivity contribution in [2.75, 3.05) is 42.1 Å². The first kappa shape index (κ1) is 20.6. The van der Waals surface area contributed by atoms with Gasteiger partial charge in [0, 0.05) is 50.3 Å². The van der Waals surface area contributed by atoms with E-state index in [4.69, 9.17) is 5.73 Å². The minimum absolute atomic E-state index is 0.145. The molecule has 0 atom stereocenters. The molecule has 1 saturated heterocycles. The van der Waals surface area contributed by atoms with Crippen molar-refractivity contribution in [2.45, 2.75) is 38.1 Å². The quantitative estimate of drug-likeness (QED) is 0.628. The van der Waals surface area contributed by atoms with Gasteiger partial charge in [-0.2, -0.15) is 9.67 Å². The summed E-state index contributed by atoms with van der Waals surface area (Å²) in [5.74, 6) is 0.453. The lowest BCUT2D eigenvalue weighted by atomic mass is 9.94. The number of hydrogen-bond acceptors (Lipinski definition) is 8. The maximum atomic E-state index is 15.0. The van der Waals surface area contributed by atoms with Crippen molar-refractivity contribution in [3.63, 3.8) is 0 Å². The Balaban J connectivity index is 1.23. The van der Waals surface area contributed by atoms with Gasteiger partial charge in [-0.3, -0.25) is 4.90 Å². The molecule has 2 fully saturated rings. The Morgan fingerprint density at radius 1 is 1.00 bits per heavy atom. The standard InChI is InChI=1S/C22H28FN9/c23-18-15-16(27-21-28-20(24)32(29-21)22-25-9-4-10-26-22)7-8-19(18)31-13-11-30(12-14-31)17-5-2-1-3-6-17/h4,7-10,15,17H,1-3,5-6,11-14H2,(H3,24,27,28,29). The van der Waals surface area contributed by atoms with Crippen molar-refractivity contribution in [3.8, 4) is 5.95 Å². The van der Waals surface area contributed by atoms with Crippen LogP contribution in [0.1, 0.15) is 32.1 Å². The zero-order chi connectivity index (χ0) is 21.9. The fourth-order valence-electron chi connectivity index (χ4n) is 4.67. The van der Waals surface area contributed by atoms with E-state index < -0.39 is 0 Å². The van der Waals surface area contributed by atoms with Crippen molar-refractivity contribution < 1.29 is 4.39 Å². The minimum Gasteiger partial charge on any atom is -0.368 e. The molecular formula is C22H28FN9. The van der Waals surface area contributed by atoms with Crippen LogP contribution in [0.3, 0.4) is 0 Å². The van der Waals surface area contributed by atoms with Crippen molar-refractivity contribution in [3.05, 3.63) is 42.5 Å². The number of hydrogen-bond donors (Lipinski definition) is 2. The SMILES string of the molecule is Nc1nc(Nc2ccc(N3CCN(C4CCCCC4)CC3)c(F)c2)nn1-c1ncccn1. The van der Waals surface area contributed by atoms with E-state index in [1.165, 1.54) is 42.9 Å². The Morgan fingerprint density at radius 2 is 1.75 bits per heavy atom. The average molecular weight is 438 g/mol. The van der Waals surface area contributed by atoms with E-state index in [1.807, 2.05) is 12.1 Å². The number of aromatic nitrogens is 5. The second-order valence-corrected chi connectivity index (χ2v) is 8.36. The van der Waals surface area contributed by atoms with Crippen LogP contribution in [0.15, 0.2) is 36.7 Å². The minimum atomic E-state index is -0.264. The smallest absolute Gasteiger partial charge is 0.253 e. The normalized spacial score (nSPS) is 18.1. The Morgan fingerprint density at radius 3 is 2.47 bits per heavy atom. The molecule has 1 saturated carbocycles. The molecule has 0 radical (unpaired) electrons. The highest BCUT2D eigenvalue weighted by Gasteiger charge is 2.26. The molecule has 168 valence electrons. The number of nitrogens with one attached hydrogen (secondary N) is 1. The molecule has 9 nitrogen and oxygen atoms in total. The summed E-state index contributed by atoms with van der Waals surface area (Å²) in [7, 11) is 0. The molecule has 1 aliphatic carbocycles. The third kappa shape index (κ3) is 4.36. The summed E-state index contributed by atoms with van der Waals surface area (Å²) in [4.78, 5) is 17.1. The first-order chi connectivity index (χ1) is 15.7. The van der Waals surface area contributed by atoms with Crippen LogP contribution >= 0.6 is 0 Å². The van der Waals surface area contributed by atoms with Crippen LogP contribution in [0.4, 0.5) is 27.7 Å². The zero-order valence-corrected chi connectivity index (χ0v) is 18.0. The molecule has 3 aromatic rings. The van der Waals surface area contributed by atoms with Crippen LogP contribution in [0, 0.1) is 5.82 Å². The summed E-state index contributed by atoms with van der Waals surface area (Å²) in [5.41, 5.74) is 7.12. The molecule has 1 aliphatic heterocycles. The molecular weight excluding hydrogens is 409 g/mol. The van der Waals surface area contributed by atoms with E-state index >= 15 is 0 Å². The maximum Gasteiger partial charge on any atom is 0.253 e. The Bertz CT molecular complexity index is 1040. The number of nitrogen functional groups attached to an aromatic ring is 1. The number of piperazine rings is 1. The molecule has 5 rings (SSSR count). The van der Waals surface area contributed by atoms with Crippen molar-refractivity contribution in [2.24, 2.45) is 0 Å². The lowest BCUT2D eigenvalue weighted by Gasteiger charge is -2.41. The van der Waals surface area contributed by atoms with Gasteiger partial charge in [-0.15, -0.1) is 5.10 Å². The molecule has 32 heavy (non-hydrogen) atoms. The van der Waals surface area contributed by atoms with Crippen LogP contribution in [0.2, 0.25) is 0 Å². The number of nitrogens with zero attached hydrogens (tertiary/aromatic N) is 7. The molecule has 0 amide bonds. The van der Waals surface area contributed by atoms with Crippen LogP contribution < -0.4 is 16.0 Å².